The van der Waals surface area contributed by atoms with Crippen LogP contribution in [0.1, 0.15) is 31.9 Å². The van der Waals surface area contributed by atoms with Gasteiger partial charge in [0.25, 0.3) is 0 Å². The summed E-state index contributed by atoms with van der Waals surface area (Å²) in [4.78, 5) is 40.1. The van der Waals surface area contributed by atoms with E-state index in [0.717, 1.165) is 16.8 Å². The zero-order valence-electron chi connectivity index (χ0n) is 14.9. The number of nitrogens with zero attached hydrogens (tertiary/aromatic N) is 1. The number of carbonyl (C=O) groups excluding carboxylic acids is 3. The second-order valence-corrected chi connectivity index (χ2v) is 8.28. The largest absolute Gasteiger partial charge is 0.353 e. The fourth-order valence-corrected chi connectivity index (χ4v) is 4.35. The van der Waals surface area contributed by atoms with Crippen LogP contribution in [0.15, 0.2) is 24.3 Å². The van der Waals surface area contributed by atoms with E-state index in [1.165, 1.54) is 0 Å². The number of imide groups is 1. The van der Waals surface area contributed by atoms with Crippen LogP contribution >= 0.6 is 0 Å². The topological polar surface area (TPSA) is 66.5 Å². The van der Waals surface area contributed by atoms with Crippen molar-refractivity contribution in [1.82, 2.24) is 5.32 Å². The highest BCUT2D eigenvalue weighted by Crippen LogP contribution is 2.47. The van der Waals surface area contributed by atoms with Crippen molar-refractivity contribution in [2.24, 2.45) is 17.3 Å². The summed E-state index contributed by atoms with van der Waals surface area (Å²) < 4.78 is 0. The molecular weight excluding hydrogens is 316 g/mol. The van der Waals surface area contributed by atoms with Crippen molar-refractivity contribution in [2.45, 2.75) is 39.8 Å². The number of ketones is 1. The first-order valence-electron chi connectivity index (χ1n) is 8.66. The number of nitrogens with one attached hydrogen (secondary N) is 1. The van der Waals surface area contributed by atoms with Crippen LogP contribution < -0.4 is 10.2 Å². The predicted molar refractivity (Wildman–Crippen MR) is 94.9 cm³/mol. The number of aryl methyl sites for hydroxylation is 1. The molecule has 130 valence electrons. The number of hydrogen-bond donors (Lipinski definition) is 1. The van der Waals surface area contributed by atoms with Gasteiger partial charge >= 0.3 is 0 Å². The predicted octanol–water partition coefficient (Wildman–Crippen LogP) is 2.08. The molecule has 2 amide bonds. The minimum atomic E-state index is -0.624. The summed E-state index contributed by atoms with van der Waals surface area (Å²) in [5.41, 5.74) is 2.49. The molecule has 4 atom stereocenters. The van der Waals surface area contributed by atoms with Gasteiger partial charge in [0, 0.05) is 11.1 Å². The minimum absolute atomic E-state index is 0.00308. The molecule has 3 heterocycles. The maximum Gasteiger partial charge on any atom is 0.233 e. The van der Waals surface area contributed by atoms with E-state index >= 15 is 0 Å². The Labute approximate surface area is 147 Å². The monoisotopic (exact) mass is 338 g/mol. The van der Waals surface area contributed by atoms with E-state index in [4.69, 9.17) is 0 Å². The Hall–Kier alpha value is -2.43. The van der Waals surface area contributed by atoms with Gasteiger partial charge in [0.15, 0.2) is 5.78 Å². The lowest BCUT2D eigenvalue weighted by Gasteiger charge is -2.38. The summed E-state index contributed by atoms with van der Waals surface area (Å²) in [5.74, 6) is -1.73. The van der Waals surface area contributed by atoms with E-state index in [1.807, 2.05) is 56.9 Å². The highest BCUT2D eigenvalue weighted by molar-refractivity contribution is 6.11. The van der Waals surface area contributed by atoms with Crippen molar-refractivity contribution < 1.29 is 14.4 Å². The normalized spacial score (nSPS) is 30.0. The van der Waals surface area contributed by atoms with Crippen molar-refractivity contribution in [3.63, 3.8) is 0 Å². The van der Waals surface area contributed by atoms with Gasteiger partial charge in [-0.3, -0.25) is 19.7 Å². The molecule has 0 saturated carbocycles. The number of fused-ring (bicyclic) bond motifs is 5. The Bertz CT molecular complexity index is 834. The minimum Gasteiger partial charge on any atom is -0.353 e. The molecule has 3 aliphatic rings. The summed E-state index contributed by atoms with van der Waals surface area (Å²) >= 11 is 0. The van der Waals surface area contributed by atoms with Crippen LogP contribution in [-0.2, 0) is 14.4 Å². The molecule has 1 N–H and O–H groups in total. The molecule has 0 unspecified atom stereocenters. The average molecular weight is 338 g/mol. The van der Waals surface area contributed by atoms with E-state index in [-0.39, 0.29) is 23.6 Å². The number of rotatable bonds is 1. The SMILES string of the molecule is Cc1ccc2c(c1)C=C[C@@H]1[C@H]3C(=O)NC(=O)[C@@H]3[C@@H](C(=O)C(C)(C)C)N21. The smallest absolute Gasteiger partial charge is 0.233 e. The number of benzene rings is 1. The Kier molecular flexibility index (Phi) is 3.24. The van der Waals surface area contributed by atoms with Gasteiger partial charge in [-0.15, -0.1) is 0 Å². The highest BCUT2D eigenvalue weighted by Gasteiger charge is 2.62. The van der Waals surface area contributed by atoms with E-state index in [1.54, 1.807) is 0 Å². The van der Waals surface area contributed by atoms with Crippen LogP contribution in [0.4, 0.5) is 5.69 Å². The third-order valence-corrected chi connectivity index (χ3v) is 5.51. The molecule has 0 radical (unpaired) electrons. The van der Waals surface area contributed by atoms with Crippen molar-refractivity contribution in [2.75, 3.05) is 4.90 Å². The van der Waals surface area contributed by atoms with Crippen LogP contribution in [0.5, 0.6) is 0 Å². The average Bonchev–Trinajstić information content (AvgIpc) is 3.01. The highest BCUT2D eigenvalue weighted by atomic mass is 16.2. The zero-order chi connectivity index (χ0) is 18.1. The quantitative estimate of drug-likeness (QED) is 0.796. The molecule has 0 spiro atoms. The lowest BCUT2D eigenvalue weighted by Crippen LogP contribution is -2.50. The second kappa shape index (κ2) is 5.04. The van der Waals surface area contributed by atoms with E-state index in [9.17, 15) is 14.4 Å². The van der Waals surface area contributed by atoms with E-state index in [2.05, 4.69) is 11.4 Å². The molecule has 0 aromatic heterocycles. The summed E-state index contributed by atoms with van der Waals surface area (Å²) in [6.45, 7) is 7.61. The summed E-state index contributed by atoms with van der Waals surface area (Å²) in [7, 11) is 0. The van der Waals surface area contributed by atoms with Crippen LogP contribution in [0.25, 0.3) is 6.08 Å². The van der Waals surface area contributed by atoms with Gasteiger partial charge in [-0.05, 0) is 24.6 Å². The Morgan fingerprint density at radius 1 is 1.12 bits per heavy atom. The van der Waals surface area contributed by atoms with Crippen molar-refractivity contribution >= 4 is 29.4 Å². The lowest BCUT2D eigenvalue weighted by molar-refractivity contribution is -0.132. The first-order chi connectivity index (χ1) is 11.7. The standard InChI is InChI=1S/C20H22N2O3/c1-10-5-7-12-11(9-10)6-8-13-14-15(19(25)21-18(14)24)16(22(12)13)17(23)20(2,3)4/h5-9,13-16H,1-4H3,(H,21,24,25)/t13-,14-,15+,16+/m1/s1. The molecule has 5 heteroatoms. The number of amides is 2. The maximum atomic E-state index is 13.2. The van der Waals surface area contributed by atoms with Crippen LogP contribution in [-0.4, -0.2) is 29.7 Å². The molecule has 0 aliphatic carbocycles. The summed E-state index contributed by atoms with van der Waals surface area (Å²) in [5, 5.41) is 2.43. The van der Waals surface area contributed by atoms with Crippen molar-refractivity contribution in [1.29, 1.82) is 0 Å². The molecule has 3 aliphatic heterocycles. The Morgan fingerprint density at radius 2 is 1.80 bits per heavy atom. The molecule has 4 rings (SSSR count). The fraction of sp³-hybridized carbons (Fsp3) is 0.450. The van der Waals surface area contributed by atoms with Gasteiger partial charge in [0.2, 0.25) is 11.8 Å². The fourth-order valence-electron chi connectivity index (χ4n) is 4.35. The van der Waals surface area contributed by atoms with Crippen LogP contribution in [0, 0.1) is 24.2 Å². The van der Waals surface area contributed by atoms with E-state index < -0.39 is 23.3 Å². The molecule has 25 heavy (non-hydrogen) atoms. The maximum absolute atomic E-state index is 13.2. The number of hydrogen-bond acceptors (Lipinski definition) is 4. The third-order valence-electron chi connectivity index (χ3n) is 5.51. The summed E-state index contributed by atoms with van der Waals surface area (Å²) in [6, 6.07) is 5.18. The third kappa shape index (κ3) is 2.18. The van der Waals surface area contributed by atoms with Gasteiger partial charge in [-0.1, -0.05) is 44.6 Å². The first kappa shape index (κ1) is 16.1. The molecule has 2 saturated heterocycles. The number of anilines is 1. The molecule has 5 nitrogen and oxygen atoms in total. The summed E-state index contributed by atoms with van der Waals surface area (Å²) in [6.07, 6.45) is 3.97. The van der Waals surface area contributed by atoms with Crippen LogP contribution in [0.3, 0.4) is 0 Å². The molecule has 1 aromatic rings. The van der Waals surface area contributed by atoms with Gasteiger partial charge in [-0.25, -0.2) is 0 Å². The molecule has 2 fully saturated rings. The van der Waals surface area contributed by atoms with Gasteiger partial charge in [-0.2, -0.15) is 0 Å². The van der Waals surface area contributed by atoms with Crippen LogP contribution in [0.2, 0.25) is 0 Å². The molecular formula is C20H22N2O3. The van der Waals surface area contributed by atoms with Crippen molar-refractivity contribution in [3.8, 4) is 0 Å². The second-order valence-electron chi connectivity index (χ2n) is 8.28. The Balaban J connectivity index is 1.90. The number of carbonyl (C=O) groups is 3. The zero-order valence-corrected chi connectivity index (χ0v) is 14.9. The van der Waals surface area contributed by atoms with E-state index in [0.29, 0.717) is 0 Å². The number of Topliss-reactive ketones (excluding diaryl/α,β-unsaturated/α-hetero) is 1. The first-order valence-corrected chi connectivity index (χ1v) is 8.66. The van der Waals surface area contributed by atoms with Gasteiger partial charge < -0.3 is 4.90 Å². The molecule has 1 aromatic carbocycles. The van der Waals surface area contributed by atoms with Gasteiger partial charge in [0.05, 0.1) is 17.9 Å². The Morgan fingerprint density at radius 3 is 2.48 bits per heavy atom. The lowest BCUT2D eigenvalue weighted by atomic mass is 9.79. The van der Waals surface area contributed by atoms with Crippen molar-refractivity contribution in [3.05, 3.63) is 35.4 Å². The van der Waals surface area contributed by atoms with Gasteiger partial charge in [0.1, 0.15) is 6.04 Å². The molecule has 0 bridgehead atoms.